The molecule has 1 aliphatic rings. The number of piperidine rings is 1. The second kappa shape index (κ2) is 7.60. The topological polar surface area (TPSA) is 59.0 Å². The number of nitrogens with zero attached hydrogens (tertiary/aromatic N) is 1. The number of aliphatic hydroxyl groups excluding tert-OH is 1. The lowest BCUT2D eigenvalue weighted by Gasteiger charge is -2.26. The van der Waals surface area contributed by atoms with Gasteiger partial charge in [-0.05, 0) is 12.8 Å². The largest absolute Gasteiger partial charge is 0.388 e. The summed E-state index contributed by atoms with van der Waals surface area (Å²) < 4.78 is 10.0. The van der Waals surface area contributed by atoms with Crippen LogP contribution in [0.1, 0.15) is 19.3 Å². The van der Waals surface area contributed by atoms with Gasteiger partial charge in [-0.15, -0.1) is 0 Å². The molecule has 5 heteroatoms. The van der Waals surface area contributed by atoms with Crippen molar-refractivity contribution in [2.24, 2.45) is 0 Å². The van der Waals surface area contributed by atoms with Gasteiger partial charge in [0, 0.05) is 26.6 Å². The van der Waals surface area contributed by atoms with E-state index in [1.807, 2.05) is 4.90 Å². The molecule has 5 nitrogen and oxygen atoms in total. The Morgan fingerprint density at radius 1 is 1.44 bits per heavy atom. The van der Waals surface area contributed by atoms with Gasteiger partial charge < -0.3 is 19.5 Å². The summed E-state index contributed by atoms with van der Waals surface area (Å²) in [6.07, 6.45) is 2.16. The van der Waals surface area contributed by atoms with Crippen LogP contribution in [0.2, 0.25) is 0 Å². The van der Waals surface area contributed by atoms with E-state index in [-0.39, 0.29) is 19.1 Å². The smallest absolute Gasteiger partial charge is 0.222 e. The molecule has 0 aromatic carbocycles. The second-order valence-corrected chi connectivity index (χ2v) is 4.02. The van der Waals surface area contributed by atoms with Crippen LogP contribution in [0.4, 0.5) is 0 Å². The third-order valence-corrected chi connectivity index (χ3v) is 2.60. The molecule has 0 aliphatic carbocycles. The first-order valence-electron chi connectivity index (χ1n) is 5.76. The Kier molecular flexibility index (Phi) is 6.37. The molecule has 1 atom stereocenters. The van der Waals surface area contributed by atoms with Crippen molar-refractivity contribution in [2.45, 2.75) is 25.4 Å². The van der Waals surface area contributed by atoms with E-state index in [1.54, 1.807) is 0 Å². The molecular weight excluding hydrogens is 210 g/mol. The number of carbonyl (C=O) groups is 1. The van der Waals surface area contributed by atoms with Crippen LogP contribution in [0, 0.1) is 0 Å². The third kappa shape index (κ3) is 4.92. The summed E-state index contributed by atoms with van der Waals surface area (Å²) >= 11 is 0. The lowest BCUT2D eigenvalue weighted by Crippen LogP contribution is -2.38. The van der Waals surface area contributed by atoms with Crippen molar-refractivity contribution in [1.82, 2.24) is 4.90 Å². The van der Waals surface area contributed by atoms with Gasteiger partial charge in [0.2, 0.25) is 5.91 Å². The monoisotopic (exact) mass is 231 g/mol. The Balaban J connectivity index is 2.03. The number of amides is 1. The second-order valence-electron chi connectivity index (χ2n) is 4.02. The minimum atomic E-state index is -0.581. The van der Waals surface area contributed by atoms with E-state index in [9.17, 15) is 9.90 Å². The molecule has 1 amide bonds. The van der Waals surface area contributed by atoms with E-state index in [1.165, 1.54) is 7.11 Å². The minimum absolute atomic E-state index is 0.215. The standard InChI is InChI=1S/C11H21NO4/c1-15-8-10(13)9-16-7-6-12-5-3-2-4-11(12)14/h10,13H,2-9H2,1H3. The van der Waals surface area contributed by atoms with Gasteiger partial charge in [-0.25, -0.2) is 0 Å². The highest BCUT2D eigenvalue weighted by Crippen LogP contribution is 2.09. The van der Waals surface area contributed by atoms with Crippen LogP contribution in [0.5, 0.6) is 0 Å². The third-order valence-electron chi connectivity index (χ3n) is 2.60. The molecular formula is C11H21NO4. The molecule has 0 aromatic heterocycles. The molecule has 0 aromatic rings. The van der Waals surface area contributed by atoms with Crippen LogP contribution in [-0.2, 0) is 14.3 Å². The molecule has 0 spiro atoms. The van der Waals surface area contributed by atoms with Crippen molar-refractivity contribution < 1.29 is 19.4 Å². The maximum atomic E-state index is 11.4. The number of methoxy groups -OCH3 is 1. The number of likely N-dealkylation sites (tertiary alicyclic amines) is 1. The van der Waals surface area contributed by atoms with E-state index in [2.05, 4.69) is 0 Å². The molecule has 94 valence electrons. The van der Waals surface area contributed by atoms with E-state index in [4.69, 9.17) is 9.47 Å². The van der Waals surface area contributed by atoms with Crippen molar-refractivity contribution in [3.63, 3.8) is 0 Å². The normalized spacial score (nSPS) is 18.9. The molecule has 1 unspecified atom stereocenters. The molecule has 1 aliphatic heterocycles. The SMILES string of the molecule is COCC(O)COCCN1CCCCC1=O. The van der Waals surface area contributed by atoms with E-state index < -0.39 is 6.10 Å². The fourth-order valence-corrected chi connectivity index (χ4v) is 1.73. The van der Waals surface area contributed by atoms with Crippen LogP contribution in [-0.4, -0.2) is 62.0 Å². The summed E-state index contributed by atoms with van der Waals surface area (Å²) in [7, 11) is 1.54. The van der Waals surface area contributed by atoms with E-state index in [0.29, 0.717) is 19.6 Å². The predicted octanol–water partition coefficient (Wildman–Crippen LogP) is 0.0228. The van der Waals surface area contributed by atoms with Crippen molar-refractivity contribution in [3.05, 3.63) is 0 Å². The fourth-order valence-electron chi connectivity index (χ4n) is 1.73. The highest BCUT2D eigenvalue weighted by molar-refractivity contribution is 5.76. The zero-order chi connectivity index (χ0) is 11.8. The molecule has 0 radical (unpaired) electrons. The molecule has 0 saturated carbocycles. The summed E-state index contributed by atoms with van der Waals surface area (Å²) in [5.74, 6) is 0.215. The number of carbonyl (C=O) groups excluding carboxylic acids is 1. The van der Waals surface area contributed by atoms with Crippen molar-refractivity contribution >= 4 is 5.91 Å². The highest BCUT2D eigenvalue weighted by Gasteiger charge is 2.17. The summed E-state index contributed by atoms with van der Waals surface area (Å²) in [6, 6.07) is 0. The Morgan fingerprint density at radius 2 is 2.25 bits per heavy atom. The minimum Gasteiger partial charge on any atom is -0.388 e. The molecule has 1 saturated heterocycles. The van der Waals surface area contributed by atoms with Gasteiger partial charge in [0.05, 0.1) is 19.8 Å². The maximum absolute atomic E-state index is 11.4. The first-order chi connectivity index (χ1) is 7.74. The van der Waals surface area contributed by atoms with Crippen molar-refractivity contribution in [1.29, 1.82) is 0 Å². The number of rotatable bonds is 7. The average Bonchev–Trinajstić information content (AvgIpc) is 2.27. The zero-order valence-corrected chi connectivity index (χ0v) is 9.85. The Morgan fingerprint density at radius 3 is 2.94 bits per heavy atom. The van der Waals surface area contributed by atoms with Gasteiger partial charge in [-0.3, -0.25) is 4.79 Å². The van der Waals surface area contributed by atoms with Gasteiger partial charge >= 0.3 is 0 Å². The number of hydrogen-bond donors (Lipinski definition) is 1. The Labute approximate surface area is 96.3 Å². The number of ether oxygens (including phenoxy) is 2. The van der Waals surface area contributed by atoms with E-state index in [0.717, 1.165) is 19.4 Å². The molecule has 0 bridgehead atoms. The van der Waals surface area contributed by atoms with Crippen LogP contribution in [0.25, 0.3) is 0 Å². The van der Waals surface area contributed by atoms with Crippen LogP contribution in [0.15, 0.2) is 0 Å². The van der Waals surface area contributed by atoms with Gasteiger partial charge in [-0.1, -0.05) is 0 Å². The number of hydrogen-bond acceptors (Lipinski definition) is 4. The summed E-state index contributed by atoms with van der Waals surface area (Å²) in [5.41, 5.74) is 0. The highest BCUT2D eigenvalue weighted by atomic mass is 16.5. The lowest BCUT2D eigenvalue weighted by molar-refractivity contribution is -0.134. The molecule has 16 heavy (non-hydrogen) atoms. The number of aliphatic hydroxyl groups is 1. The molecule has 1 heterocycles. The van der Waals surface area contributed by atoms with E-state index >= 15 is 0 Å². The first-order valence-corrected chi connectivity index (χ1v) is 5.76. The zero-order valence-electron chi connectivity index (χ0n) is 9.85. The molecule has 1 N–H and O–H groups in total. The lowest BCUT2D eigenvalue weighted by atomic mass is 10.1. The maximum Gasteiger partial charge on any atom is 0.222 e. The van der Waals surface area contributed by atoms with Crippen LogP contribution in [0.3, 0.4) is 0 Å². The average molecular weight is 231 g/mol. The van der Waals surface area contributed by atoms with Crippen LogP contribution >= 0.6 is 0 Å². The Hall–Kier alpha value is -0.650. The Bertz CT molecular complexity index is 210. The van der Waals surface area contributed by atoms with Crippen molar-refractivity contribution in [2.75, 3.05) is 40.0 Å². The fraction of sp³-hybridized carbons (Fsp3) is 0.909. The summed E-state index contributed by atoms with van der Waals surface area (Å²) in [6.45, 7) is 2.48. The van der Waals surface area contributed by atoms with Gasteiger partial charge in [-0.2, -0.15) is 0 Å². The molecule has 1 fully saturated rings. The van der Waals surface area contributed by atoms with Crippen molar-refractivity contribution in [3.8, 4) is 0 Å². The van der Waals surface area contributed by atoms with Crippen LogP contribution < -0.4 is 0 Å². The summed E-state index contributed by atoms with van der Waals surface area (Å²) in [4.78, 5) is 13.3. The summed E-state index contributed by atoms with van der Waals surface area (Å²) in [5, 5.41) is 9.31. The van der Waals surface area contributed by atoms with Gasteiger partial charge in [0.25, 0.3) is 0 Å². The van der Waals surface area contributed by atoms with Gasteiger partial charge in [0.15, 0.2) is 0 Å². The quantitative estimate of drug-likeness (QED) is 0.628. The van der Waals surface area contributed by atoms with Gasteiger partial charge in [0.1, 0.15) is 6.10 Å². The predicted molar refractivity (Wildman–Crippen MR) is 59.1 cm³/mol. The molecule has 1 rings (SSSR count). The first kappa shape index (κ1) is 13.4.